The summed E-state index contributed by atoms with van der Waals surface area (Å²) < 4.78 is 7.67. The molecule has 5 rings (SSSR count). The summed E-state index contributed by atoms with van der Waals surface area (Å²) in [4.78, 5) is 6.99. The second kappa shape index (κ2) is 5.40. The zero-order chi connectivity index (χ0) is 15.2. The lowest BCUT2D eigenvalue weighted by Gasteiger charge is -2.31. The van der Waals surface area contributed by atoms with Gasteiger partial charge in [0.25, 0.3) is 0 Å². The minimum atomic E-state index is 0.474. The molecular weight excluding hydrogens is 292 g/mol. The molecule has 0 bridgehead atoms. The Morgan fingerprint density at radius 1 is 1.13 bits per heavy atom. The maximum Gasteiger partial charge on any atom is 0.229 e. The number of hydrogen-bond donors (Lipinski definition) is 0. The molecule has 3 heterocycles. The van der Waals surface area contributed by atoms with Crippen LogP contribution in [0.3, 0.4) is 0 Å². The molecule has 23 heavy (non-hydrogen) atoms. The standard InChI is InChI=1S/C16H22N6O/c1-2-12(15-19-17-10-22(15)13-5-6-13)8-21(7-1)9-14-18-16(23-20-14)11-3-4-11/h10-13H,1-9H2/t12-/m1/s1. The van der Waals surface area contributed by atoms with Gasteiger partial charge < -0.3 is 9.09 Å². The lowest BCUT2D eigenvalue weighted by Crippen LogP contribution is -2.35. The van der Waals surface area contributed by atoms with Crippen molar-refractivity contribution in [1.29, 1.82) is 0 Å². The lowest BCUT2D eigenvalue weighted by molar-refractivity contribution is 0.188. The van der Waals surface area contributed by atoms with E-state index in [9.17, 15) is 0 Å². The summed E-state index contributed by atoms with van der Waals surface area (Å²) in [5.41, 5.74) is 0. The monoisotopic (exact) mass is 314 g/mol. The van der Waals surface area contributed by atoms with Gasteiger partial charge in [-0.1, -0.05) is 5.16 Å². The highest BCUT2D eigenvalue weighted by Gasteiger charge is 2.32. The molecule has 0 aromatic carbocycles. The van der Waals surface area contributed by atoms with Crippen LogP contribution in [0.2, 0.25) is 0 Å². The highest BCUT2D eigenvalue weighted by atomic mass is 16.5. The number of likely N-dealkylation sites (tertiary alicyclic amines) is 1. The normalized spacial score (nSPS) is 25.8. The minimum Gasteiger partial charge on any atom is -0.339 e. The summed E-state index contributed by atoms with van der Waals surface area (Å²) in [6, 6.07) is 0.647. The highest BCUT2D eigenvalue weighted by Crippen LogP contribution is 2.39. The maximum atomic E-state index is 5.37. The quantitative estimate of drug-likeness (QED) is 0.843. The van der Waals surface area contributed by atoms with Crippen LogP contribution < -0.4 is 0 Å². The smallest absolute Gasteiger partial charge is 0.229 e. The van der Waals surface area contributed by atoms with E-state index in [1.807, 2.05) is 6.33 Å². The van der Waals surface area contributed by atoms with Gasteiger partial charge in [-0.3, -0.25) is 4.90 Å². The van der Waals surface area contributed by atoms with Gasteiger partial charge in [0.05, 0.1) is 6.54 Å². The third-order valence-electron chi connectivity index (χ3n) is 5.19. The lowest BCUT2D eigenvalue weighted by atomic mass is 9.97. The van der Waals surface area contributed by atoms with Gasteiger partial charge in [0, 0.05) is 24.4 Å². The molecule has 7 heteroatoms. The maximum absolute atomic E-state index is 5.37. The zero-order valence-corrected chi connectivity index (χ0v) is 13.3. The number of piperidine rings is 1. The van der Waals surface area contributed by atoms with Gasteiger partial charge in [-0.25, -0.2) is 0 Å². The van der Waals surface area contributed by atoms with Gasteiger partial charge >= 0.3 is 0 Å². The fourth-order valence-electron chi connectivity index (χ4n) is 3.62. The largest absolute Gasteiger partial charge is 0.339 e. The molecule has 1 atom stereocenters. The van der Waals surface area contributed by atoms with Crippen molar-refractivity contribution in [2.24, 2.45) is 0 Å². The molecule has 0 N–H and O–H groups in total. The summed E-state index contributed by atoms with van der Waals surface area (Å²) in [5.74, 6) is 3.84. The van der Waals surface area contributed by atoms with Gasteiger partial charge in [-0.15, -0.1) is 10.2 Å². The summed E-state index contributed by atoms with van der Waals surface area (Å²) in [5, 5.41) is 12.7. The van der Waals surface area contributed by atoms with Crippen LogP contribution in [0.1, 0.15) is 73.9 Å². The van der Waals surface area contributed by atoms with Crippen molar-refractivity contribution in [3.63, 3.8) is 0 Å². The average molecular weight is 314 g/mol. The molecule has 0 radical (unpaired) electrons. The van der Waals surface area contributed by atoms with Crippen LogP contribution in [0, 0.1) is 0 Å². The van der Waals surface area contributed by atoms with Crippen molar-refractivity contribution < 1.29 is 4.52 Å². The second-order valence-corrected chi connectivity index (χ2v) is 7.22. The Morgan fingerprint density at radius 2 is 2.04 bits per heavy atom. The molecule has 2 saturated carbocycles. The Labute approximate surface area is 135 Å². The summed E-state index contributed by atoms with van der Waals surface area (Å²) >= 11 is 0. The van der Waals surface area contributed by atoms with Crippen molar-refractivity contribution in [3.8, 4) is 0 Å². The highest BCUT2D eigenvalue weighted by molar-refractivity contribution is 5.05. The van der Waals surface area contributed by atoms with Crippen LogP contribution >= 0.6 is 0 Å². The van der Waals surface area contributed by atoms with Crippen LogP contribution in [0.25, 0.3) is 0 Å². The molecule has 3 aliphatic rings. The van der Waals surface area contributed by atoms with E-state index >= 15 is 0 Å². The first-order chi connectivity index (χ1) is 11.4. The van der Waals surface area contributed by atoms with Gasteiger partial charge in [0.2, 0.25) is 5.89 Å². The van der Waals surface area contributed by atoms with E-state index < -0.39 is 0 Å². The molecule has 0 unspecified atom stereocenters. The molecule has 0 spiro atoms. The van der Waals surface area contributed by atoms with Crippen LogP contribution in [-0.4, -0.2) is 42.9 Å². The molecule has 7 nitrogen and oxygen atoms in total. The number of nitrogens with zero attached hydrogens (tertiary/aromatic N) is 6. The molecule has 2 aromatic rings. The van der Waals surface area contributed by atoms with Gasteiger partial charge in [0.1, 0.15) is 12.2 Å². The Balaban J connectivity index is 1.27. The van der Waals surface area contributed by atoms with E-state index in [0.29, 0.717) is 17.9 Å². The molecule has 2 aliphatic carbocycles. The second-order valence-electron chi connectivity index (χ2n) is 7.22. The van der Waals surface area contributed by atoms with Gasteiger partial charge in [-0.05, 0) is 45.1 Å². The first kappa shape index (κ1) is 13.7. The Morgan fingerprint density at radius 3 is 2.87 bits per heavy atom. The van der Waals surface area contributed by atoms with Crippen LogP contribution in [0.5, 0.6) is 0 Å². The topological polar surface area (TPSA) is 72.9 Å². The molecule has 3 fully saturated rings. The van der Waals surface area contributed by atoms with E-state index in [2.05, 4.69) is 29.8 Å². The molecule has 1 aliphatic heterocycles. The number of hydrogen-bond acceptors (Lipinski definition) is 6. The third-order valence-corrected chi connectivity index (χ3v) is 5.19. The number of aromatic nitrogens is 5. The van der Waals surface area contributed by atoms with Gasteiger partial charge in [-0.2, -0.15) is 4.98 Å². The summed E-state index contributed by atoms with van der Waals surface area (Å²) in [7, 11) is 0. The molecule has 1 saturated heterocycles. The van der Waals surface area contributed by atoms with E-state index in [4.69, 9.17) is 4.52 Å². The Bertz CT molecular complexity index is 686. The fraction of sp³-hybridized carbons (Fsp3) is 0.750. The molecule has 0 amide bonds. The summed E-state index contributed by atoms with van der Waals surface area (Å²) in [6.45, 7) is 2.89. The predicted molar refractivity (Wildman–Crippen MR) is 81.8 cm³/mol. The van der Waals surface area contributed by atoms with E-state index in [0.717, 1.165) is 31.3 Å². The van der Waals surface area contributed by atoms with Crippen molar-refractivity contribution >= 4 is 0 Å². The molecule has 2 aromatic heterocycles. The molecular formula is C16H22N6O. The van der Waals surface area contributed by atoms with Crippen LogP contribution in [0.4, 0.5) is 0 Å². The van der Waals surface area contributed by atoms with E-state index in [1.54, 1.807) is 0 Å². The summed E-state index contributed by atoms with van der Waals surface area (Å²) in [6.07, 6.45) is 9.24. The SMILES string of the molecule is c1nnc([C@@H]2CCCN(Cc3noc(C4CC4)n3)C2)n1C1CC1. The first-order valence-electron chi connectivity index (χ1n) is 8.81. The Hall–Kier alpha value is -1.76. The van der Waals surface area contributed by atoms with E-state index in [-0.39, 0.29) is 0 Å². The third kappa shape index (κ3) is 2.78. The van der Waals surface area contributed by atoms with Crippen molar-refractivity contribution in [2.75, 3.05) is 13.1 Å². The van der Waals surface area contributed by atoms with Crippen molar-refractivity contribution in [3.05, 3.63) is 23.9 Å². The zero-order valence-electron chi connectivity index (χ0n) is 13.3. The first-order valence-corrected chi connectivity index (χ1v) is 8.81. The molecule has 122 valence electrons. The minimum absolute atomic E-state index is 0.474. The van der Waals surface area contributed by atoms with Crippen molar-refractivity contribution in [2.45, 2.75) is 62.9 Å². The van der Waals surface area contributed by atoms with Gasteiger partial charge in [0.15, 0.2) is 5.82 Å². The van der Waals surface area contributed by atoms with Crippen LogP contribution in [-0.2, 0) is 6.54 Å². The Kier molecular flexibility index (Phi) is 3.21. The number of rotatable bonds is 5. The predicted octanol–water partition coefficient (Wildman–Crippen LogP) is 2.25. The van der Waals surface area contributed by atoms with Crippen LogP contribution in [0.15, 0.2) is 10.9 Å². The average Bonchev–Trinajstić information content (AvgIpc) is 3.50. The van der Waals surface area contributed by atoms with Crippen molar-refractivity contribution in [1.82, 2.24) is 29.8 Å². The van der Waals surface area contributed by atoms with E-state index in [1.165, 1.54) is 44.3 Å². The fourth-order valence-corrected chi connectivity index (χ4v) is 3.62.